The van der Waals surface area contributed by atoms with E-state index in [4.69, 9.17) is 19.3 Å². The Labute approximate surface area is 133 Å². The maximum absolute atomic E-state index is 8.52. The van der Waals surface area contributed by atoms with Gasteiger partial charge in [0.05, 0.1) is 39.6 Å². The fraction of sp³-hybridized carbons (Fsp3) is 0.556. The summed E-state index contributed by atoms with van der Waals surface area (Å²) in [6, 6.07) is 10.3. The van der Waals surface area contributed by atoms with E-state index in [9.17, 15) is 0 Å². The molecule has 4 nitrogen and oxygen atoms in total. The standard InChI is InChI=1S/C18H28O4/c1-17(18-8-3-2-4-9-18)7-5-6-11-20-13-15-22-16-14-21-12-10-19/h2-4,8-9,19H,1,5-7,10-16H2. The Morgan fingerprint density at radius 3 is 2.05 bits per heavy atom. The molecule has 0 aliphatic rings. The Morgan fingerprint density at radius 2 is 1.41 bits per heavy atom. The van der Waals surface area contributed by atoms with Crippen LogP contribution < -0.4 is 0 Å². The minimum Gasteiger partial charge on any atom is -0.394 e. The van der Waals surface area contributed by atoms with Crippen molar-refractivity contribution in [2.45, 2.75) is 19.3 Å². The van der Waals surface area contributed by atoms with Crippen molar-refractivity contribution in [3.63, 3.8) is 0 Å². The molecule has 1 N–H and O–H groups in total. The van der Waals surface area contributed by atoms with Crippen molar-refractivity contribution in [2.75, 3.05) is 46.2 Å². The number of unbranched alkanes of at least 4 members (excludes halogenated alkanes) is 1. The summed E-state index contributed by atoms with van der Waals surface area (Å²) in [6.07, 6.45) is 3.13. The molecule has 0 atom stereocenters. The van der Waals surface area contributed by atoms with Crippen molar-refractivity contribution in [2.24, 2.45) is 0 Å². The number of hydrogen-bond acceptors (Lipinski definition) is 4. The Kier molecular flexibility index (Phi) is 11.5. The minimum atomic E-state index is 0.0554. The molecule has 0 heterocycles. The quantitative estimate of drug-likeness (QED) is 0.537. The van der Waals surface area contributed by atoms with Gasteiger partial charge in [0.2, 0.25) is 0 Å². The van der Waals surface area contributed by atoms with Crippen LogP contribution in [0.15, 0.2) is 36.9 Å². The van der Waals surface area contributed by atoms with Crippen LogP contribution >= 0.6 is 0 Å². The molecule has 1 aromatic carbocycles. The summed E-state index contributed by atoms with van der Waals surface area (Å²) in [5.74, 6) is 0. The van der Waals surface area contributed by atoms with Gasteiger partial charge in [-0.2, -0.15) is 0 Å². The highest BCUT2D eigenvalue weighted by Gasteiger charge is 1.98. The third-order valence-corrected chi connectivity index (χ3v) is 3.18. The fourth-order valence-electron chi connectivity index (χ4n) is 1.97. The van der Waals surface area contributed by atoms with Crippen LogP contribution in [0.1, 0.15) is 24.8 Å². The first kappa shape index (κ1) is 18.8. The molecule has 0 bridgehead atoms. The van der Waals surface area contributed by atoms with Crippen molar-refractivity contribution in [3.05, 3.63) is 42.5 Å². The first-order chi connectivity index (χ1) is 10.8. The van der Waals surface area contributed by atoms with Crippen molar-refractivity contribution < 1.29 is 19.3 Å². The van der Waals surface area contributed by atoms with Crippen LogP contribution in [0, 0.1) is 0 Å². The average molecular weight is 308 g/mol. The molecule has 0 aliphatic heterocycles. The summed E-state index contributed by atoms with van der Waals surface area (Å²) >= 11 is 0. The zero-order valence-electron chi connectivity index (χ0n) is 13.3. The highest BCUT2D eigenvalue weighted by Crippen LogP contribution is 2.17. The number of allylic oxidation sites excluding steroid dienone is 1. The van der Waals surface area contributed by atoms with Gasteiger partial charge in [0.25, 0.3) is 0 Å². The van der Waals surface area contributed by atoms with Crippen LogP contribution in [0.3, 0.4) is 0 Å². The number of aliphatic hydroxyl groups excluding tert-OH is 1. The van der Waals surface area contributed by atoms with Crippen molar-refractivity contribution >= 4 is 5.57 Å². The van der Waals surface area contributed by atoms with E-state index in [1.807, 2.05) is 18.2 Å². The van der Waals surface area contributed by atoms with E-state index in [0.717, 1.165) is 25.9 Å². The summed E-state index contributed by atoms with van der Waals surface area (Å²) in [6.45, 7) is 7.56. The van der Waals surface area contributed by atoms with Gasteiger partial charge in [-0.05, 0) is 30.4 Å². The second-order valence-electron chi connectivity index (χ2n) is 4.99. The summed E-state index contributed by atoms with van der Waals surface area (Å²) in [5.41, 5.74) is 2.41. The maximum Gasteiger partial charge on any atom is 0.0701 e. The summed E-state index contributed by atoms with van der Waals surface area (Å²) in [5, 5.41) is 8.52. The molecular formula is C18H28O4. The lowest BCUT2D eigenvalue weighted by Gasteiger charge is -2.07. The Balaban J connectivity index is 1.85. The van der Waals surface area contributed by atoms with Crippen LogP contribution in [0.25, 0.3) is 5.57 Å². The first-order valence-electron chi connectivity index (χ1n) is 7.92. The number of aliphatic hydroxyl groups is 1. The molecule has 0 aromatic heterocycles. The number of hydrogen-bond donors (Lipinski definition) is 1. The van der Waals surface area contributed by atoms with Gasteiger partial charge in [-0.25, -0.2) is 0 Å². The molecular weight excluding hydrogens is 280 g/mol. The maximum atomic E-state index is 8.52. The van der Waals surface area contributed by atoms with Gasteiger partial charge in [0.1, 0.15) is 0 Å². The van der Waals surface area contributed by atoms with Gasteiger partial charge in [-0.15, -0.1) is 0 Å². The van der Waals surface area contributed by atoms with Gasteiger partial charge in [0, 0.05) is 6.61 Å². The zero-order valence-corrected chi connectivity index (χ0v) is 13.3. The topological polar surface area (TPSA) is 47.9 Å². The highest BCUT2D eigenvalue weighted by molar-refractivity contribution is 5.62. The highest BCUT2D eigenvalue weighted by atomic mass is 16.5. The predicted octanol–water partition coefficient (Wildman–Crippen LogP) is 2.91. The fourth-order valence-corrected chi connectivity index (χ4v) is 1.97. The molecule has 124 valence electrons. The van der Waals surface area contributed by atoms with Crippen molar-refractivity contribution in [1.82, 2.24) is 0 Å². The SMILES string of the molecule is C=C(CCCCOCCOCCOCCO)c1ccccc1. The van der Waals surface area contributed by atoms with E-state index in [2.05, 4.69) is 18.7 Å². The second-order valence-corrected chi connectivity index (χ2v) is 4.99. The van der Waals surface area contributed by atoms with Crippen LogP contribution in [0.4, 0.5) is 0 Å². The number of ether oxygens (including phenoxy) is 3. The third-order valence-electron chi connectivity index (χ3n) is 3.18. The molecule has 0 aliphatic carbocycles. The largest absolute Gasteiger partial charge is 0.394 e. The van der Waals surface area contributed by atoms with E-state index < -0.39 is 0 Å². The predicted molar refractivity (Wildman–Crippen MR) is 88.9 cm³/mol. The van der Waals surface area contributed by atoms with E-state index in [1.54, 1.807) is 0 Å². The van der Waals surface area contributed by atoms with Crippen LogP contribution in [0.2, 0.25) is 0 Å². The lowest BCUT2D eigenvalue weighted by Crippen LogP contribution is -2.11. The molecule has 22 heavy (non-hydrogen) atoms. The molecule has 0 spiro atoms. The molecule has 1 aromatic rings. The lowest BCUT2D eigenvalue weighted by atomic mass is 10.0. The van der Waals surface area contributed by atoms with E-state index in [0.29, 0.717) is 33.0 Å². The monoisotopic (exact) mass is 308 g/mol. The van der Waals surface area contributed by atoms with Gasteiger partial charge in [0.15, 0.2) is 0 Å². The van der Waals surface area contributed by atoms with E-state index in [1.165, 1.54) is 11.1 Å². The normalized spacial score (nSPS) is 10.8. The first-order valence-corrected chi connectivity index (χ1v) is 7.92. The smallest absolute Gasteiger partial charge is 0.0701 e. The lowest BCUT2D eigenvalue weighted by molar-refractivity contribution is 0.00728. The van der Waals surface area contributed by atoms with Gasteiger partial charge in [-0.1, -0.05) is 36.9 Å². The molecule has 0 radical (unpaired) electrons. The van der Waals surface area contributed by atoms with Crippen molar-refractivity contribution in [3.8, 4) is 0 Å². The van der Waals surface area contributed by atoms with E-state index >= 15 is 0 Å². The number of rotatable bonds is 14. The molecule has 0 fully saturated rings. The Morgan fingerprint density at radius 1 is 0.818 bits per heavy atom. The van der Waals surface area contributed by atoms with Gasteiger partial charge >= 0.3 is 0 Å². The minimum absolute atomic E-state index is 0.0554. The van der Waals surface area contributed by atoms with Gasteiger partial charge in [-0.3, -0.25) is 0 Å². The average Bonchev–Trinajstić information content (AvgIpc) is 2.56. The van der Waals surface area contributed by atoms with Crippen LogP contribution in [-0.2, 0) is 14.2 Å². The Bertz CT molecular complexity index is 378. The molecule has 0 saturated carbocycles. The summed E-state index contributed by atoms with van der Waals surface area (Å²) in [7, 11) is 0. The molecule has 0 unspecified atom stereocenters. The van der Waals surface area contributed by atoms with Crippen LogP contribution in [0.5, 0.6) is 0 Å². The number of benzene rings is 1. The molecule has 1 rings (SSSR count). The van der Waals surface area contributed by atoms with Gasteiger partial charge < -0.3 is 19.3 Å². The molecule has 4 heteroatoms. The van der Waals surface area contributed by atoms with E-state index in [-0.39, 0.29) is 6.61 Å². The molecule has 0 saturated heterocycles. The molecule has 0 amide bonds. The third kappa shape index (κ3) is 9.68. The summed E-state index contributed by atoms with van der Waals surface area (Å²) in [4.78, 5) is 0. The second kappa shape index (κ2) is 13.5. The Hall–Kier alpha value is -1.20. The van der Waals surface area contributed by atoms with Crippen molar-refractivity contribution in [1.29, 1.82) is 0 Å². The zero-order chi connectivity index (χ0) is 15.9. The van der Waals surface area contributed by atoms with Crippen LogP contribution in [-0.4, -0.2) is 51.4 Å². The summed E-state index contributed by atoms with van der Waals surface area (Å²) < 4.78 is 15.9.